The Hall–Kier alpha value is -2.92. The molecule has 0 saturated heterocycles. The van der Waals surface area contributed by atoms with Crippen LogP contribution in [0.2, 0.25) is 0 Å². The Bertz CT molecular complexity index is 781. The molecule has 1 amide bonds. The molecule has 98 valence electrons. The number of aromatic amines is 1. The summed E-state index contributed by atoms with van der Waals surface area (Å²) >= 11 is 1.10. The van der Waals surface area contributed by atoms with Gasteiger partial charge in [0.2, 0.25) is 0 Å². The zero-order valence-electron chi connectivity index (χ0n) is 9.95. The maximum Gasteiger partial charge on any atom is 0.277 e. The van der Waals surface area contributed by atoms with Gasteiger partial charge in [0, 0.05) is 6.07 Å². The molecule has 3 heterocycles. The Morgan fingerprint density at radius 3 is 3.15 bits per heavy atom. The first-order valence-electron chi connectivity index (χ1n) is 5.53. The molecular weight excluding hydrogens is 278 g/mol. The van der Waals surface area contributed by atoms with E-state index in [0.29, 0.717) is 21.5 Å². The molecular formula is C12H7N5O2S. The molecule has 3 rings (SSSR count). The maximum absolute atomic E-state index is 12.0. The Balaban J connectivity index is 1.76. The van der Waals surface area contributed by atoms with Crippen LogP contribution in [0.1, 0.15) is 15.4 Å². The van der Waals surface area contributed by atoms with Crippen LogP contribution < -0.4 is 5.32 Å². The topological polar surface area (TPSA) is 108 Å². The second-order valence-electron chi connectivity index (χ2n) is 3.74. The molecule has 0 radical (unpaired) electrons. The van der Waals surface area contributed by atoms with Crippen molar-refractivity contribution in [1.29, 1.82) is 5.26 Å². The Labute approximate surface area is 116 Å². The Kier molecular flexibility index (Phi) is 3.02. The lowest BCUT2D eigenvalue weighted by Crippen LogP contribution is -2.11. The van der Waals surface area contributed by atoms with Gasteiger partial charge in [0.25, 0.3) is 5.91 Å². The van der Waals surface area contributed by atoms with Gasteiger partial charge in [-0.05, 0) is 12.1 Å². The lowest BCUT2D eigenvalue weighted by Gasteiger charge is -1.95. The molecule has 0 atom stereocenters. The van der Waals surface area contributed by atoms with Gasteiger partial charge in [0.15, 0.2) is 16.6 Å². The van der Waals surface area contributed by atoms with Crippen LogP contribution in [0.15, 0.2) is 35.1 Å². The lowest BCUT2D eigenvalue weighted by atomic mass is 10.3. The van der Waals surface area contributed by atoms with Gasteiger partial charge in [0.05, 0.1) is 12.5 Å². The molecule has 0 aromatic carbocycles. The van der Waals surface area contributed by atoms with Crippen molar-refractivity contribution in [2.75, 3.05) is 5.32 Å². The number of anilines is 1. The van der Waals surface area contributed by atoms with Crippen LogP contribution in [0.25, 0.3) is 11.5 Å². The predicted octanol–water partition coefficient (Wildman–Crippen LogP) is 2.25. The smallest absolute Gasteiger partial charge is 0.277 e. The fraction of sp³-hybridized carbons (Fsp3) is 0. The van der Waals surface area contributed by atoms with E-state index >= 15 is 0 Å². The number of hydrogen-bond donors (Lipinski definition) is 2. The molecule has 3 aromatic rings. The van der Waals surface area contributed by atoms with Crippen molar-refractivity contribution in [2.24, 2.45) is 0 Å². The Morgan fingerprint density at radius 1 is 1.55 bits per heavy atom. The molecule has 0 aliphatic heterocycles. The van der Waals surface area contributed by atoms with E-state index < -0.39 is 5.91 Å². The zero-order chi connectivity index (χ0) is 13.9. The first-order chi connectivity index (χ1) is 9.76. The summed E-state index contributed by atoms with van der Waals surface area (Å²) in [5.74, 6) is 0.190. The lowest BCUT2D eigenvalue weighted by molar-refractivity contribution is 0.102. The highest BCUT2D eigenvalue weighted by atomic mass is 32.1. The molecule has 0 aliphatic carbocycles. The third kappa shape index (κ3) is 2.30. The van der Waals surface area contributed by atoms with E-state index in [4.69, 9.17) is 9.68 Å². The summed E-state index contributed by atoms with van der Waals surface area (Å²) in [4.78, 5) is 16.3. The van der Waals surface area contributed by atoms with E-state index in [0.717, 1.165) is 11.3 Å². The molecule has 0 saturated carbocycles. The molecule has 0 spiro atoms. The van der Waals surface area contributed by atoms with E-state index in [1.54, 1.807) is 18.2 Å². The number of nitrogens with one attached hydrogen (secondary N) is 2. The van der Waals surface area contributed by atoms with E-state index in [-0.39, 0.29) is 5.69 Å². The van der Waals surface area contributed by atoms with Crippen molar-refractivity contribution in [1.82, 2.24) is 15.2 Å². The minimum absolute atomic E-state index is 0.213. The largest absolute Gasteiger partial charge is 0.463 e. The van der Waals surface area contributed by atoms with Gasteiger partial charge in [-0.25, -0.2) is 4.98 Å². The molecule has 7 nitrogen and oxygen atoms in total. The number of thiazole rings is 1. The van der Waals surface area contributed by atoms with Crippen molar-refractivity contribution < 1.29 is 9.21 Å². The molecule has 0 unspecified atom stereocenters. The van der Waals surface area contributed by atoms with E-state index in [1.807, 2.05) is 6.07 Å². The van der Waals surface area contributed by atoms with Crippen molar-refractivity contribution in [3.8, 4) is 17.5 Å². The third-order valence-corrected chi connectivity index (χ3v) is 3.25. The van der Waals surface area contributed by atoms with Crippen molar-refractivity contribution in [3.63, 3.8) is 0 Å². The Morgan fingerprint density at radius 2 is 2.45 bits per heavy atom. The normalized spacial score (nSPS) is 10.2. The van der Waals surface area contributed by atoms with Crippen molar-refractivity contribution in [3.05, 3.63) is 41.2 Å². The summed E-state index contributed by atoms with van der Waals surface area (Å²) in [6.45, 7) is 0. The summed E-state index contributed by atoms with van der Waals surface area (Å²) in [6, 6.07) is 7.03. The number of carbonyl (C=O) groups excluding carboxylic acids is 1. The van der Waals surface area contributed by atoms with Crippen LogP contribution in [0.4, 0.5) is 5.13 Å². The van der Waals surface area contributed by atoms with Crippen LogP contribution in [0.3, 0.4) is 0 Å². The highest BCUT2D eigenvalue weighted by molar-refractivity contribution is 7.16. The number of nitriles is 1. The first-order valence-corrected chi connectivity index (χ1v) is 6.34. The minimum atomic E-state index is -0.405. The van der Waals surface area contributed by atoms with E-state index in [2.05, 4.69) is 20.5 Å². The number of nitrogens with zero attached hydrogens (tertiary/aromatic N) is 3. The second kappa shape index (κ2) is 4.99. The molecule has 20 heavy (non-hydrogen) atoms. The van der Waals surface area contributed by atoms with Gasteiger partial charge in [-0.3, -0.25) is 15.2 Å². The monoisotopic (exact) mass is 285 g/mol. The molecule has 0 fully saturated rings. The molecule has 0 aliphatic rings. The SMILES string of the molecule is N#Cc1cnc(NC(=O)c2cc(-c3ccco3)[nH]n2)s1. The maximum atomic E-state index is 12.0. The van der Waals surface area contributed by atoms with Crippen LogP contribution >= 0.6 is 11.3 Å². The van der Waals surface area contributed by atoms with Crippen LogP contribution in [0, 0.1) is 11.3 Å². The molecule has 0 bridgehead atoms. The highest BCUT2D eigenvalue weighted by Gasteiger charge is 2.14. The standard InChI is InChI=1S/C12H7N5O2S/c13-5-7-6-14-12(20-7)15-11(18)9-4-8(16-17-9)10-2-1-3-19-10/h1-4,6H,(H,16,17)(H,14,15,18). The minimum Gasteiger partial charge on any atom is -0.463 e. The van der Waals surface area contributed by atoms with E-state index in [1.165, 1.54) is 12.5 Å². The van der Waals surface area contributed by atoms with E-state index in [9.17, 15) is 4.79 Å². The quantitative estimate of drug-likeness (QED) is 0.767. The second-order valence-corrected chi connectivity index (χ2v) is 4.77. The number of carbonyl (C=O) groups is 1. The van der Waals surface area contributed by atoms with Crippen molar-refractivity contribution in [2.45, 2.75) is 0 Å². The number of hydrogen-bond acceptors (Lipinski definition) is 6. The van der Waals surface area contributed by atoms with Crippen molar-refractivity contribution >= 4 is 22.4 Å². The highest BCUT2D eigenvalue weighted by Crippen LogP contribution is 2.20. The van der Waals surface area contributed by atoms with Gasteiger partial charge < -0.3 is 4.42 Å². The summed E-state index contributed by atoms with van der Waals surface area (Å²) in [5, 5.41) is 18.2. The van der Waals surface area contributed by atoms with Gasteiger partial charge in [-0.2, -0.15) is 10.4 Å². The number of aromatic nitrogens is 3. The number of rotatable bonds is 3. The number of H-pyrrole nitrogens is 1. The van der Waals surface area contributed by atoms with Crippen LogP contribution in [-0.4, -0.2) is 21.1 Å². The first kappa shape index (κ1) is 12.1. The number of furan rings is 1. The molecule has 8 heteroatoms. The van der Waals surface area contributed by atoms with Crippen LogP contribution in [-0.2, 0) is 0 Å². The van der Waals surface area contributed by atoms with Gasteiger partial charge in [-0.1, -0.05) is 11.3 Å². The van der Waals surface area contributed by atoms with Gasteiger partial charge >= 0.3 is 0 Å². The summed E-state index contributed by atoms with van der Waals surface area (Å²) in [6.07, 6.45) is 2.94. The van der Waals surface area contributed by atoms with Crippen LogP contribution in [0.5, 0.6) is 0 Å². The fourth-order valence-electron chi connectivity index (χ4n) is 1.54. The summed E-state index contributed by atoms with van der Waals surface area (Å²) in [7, 11) is 0. The number of amides is 1. The molecule has 3 aromatic heterocycles. The third-order valence-electron chi connectivity index (χ3n) is 2.43. The fourth-order valence-corrected chi connectivity index (χ4v) is 2.15. The molecule has 2 N–H and O–H groups in total. The van der Waals surface area contributed by atoms with Gasteiger partial charge in [0.1, 0.15) is 16.6 Å². The summed E-state index contributed by atoms with van der Waals surface area (Å²) in [5.41, 5.74) is 0.821. The average molecular weight is 285 g/mol. The zero-order valence-corrected chi connectivity index (χ0v) is 10.8. The summed E-state index contributed by atoms with van der Waals surface area (Å²) < 4.78 is 5.20. The van der Waals surface area contributed by atoms with Gasteiger partial charge in [-0.15, -0.1) is 0 Å². The predicted molar refractivity (Wildman–Crippen MR) is 71.1 cm³/mol. The average Bonchev–Trinajstić information content (AvgIpc) is 3.19.